The van der Waals surface area contributed by atoms with Crippen molar-refractivity contribution in [3.63, 3.8) is 0 Å². The summed E-state index contributed by atoms with van der Waals surface area (Å²) >= 11 is 0. The number of ether oxygens (including phenoxy) is 1. The van der Waals surface area contributed by atoms with Crippen LogP contribution in [0.25, 0.3) is 0 Å². The molecule has 0 radical (unpaired) electrons. The highest BCUT2D eigenvalue weighted by Gasteiger charge is 2.17. The zero-order valence-corrected chi connectivity index (χ0v) is 10.2. The average molecular weight is 238 g/mol. The van der Waals surface area contributed by atoms with Crippen LogP contribution in [0.5, 0.6) is 0 Å². The highest BCUT2D eigenvalue weighted by Crippen LogP contribution is 2.25. The lowest BCUT2D eigenvalue weighted by atomic mass is 10.1. The van der Waals surface area contributed by atoms with E-state index in [0.717, 1.165) is 31.7 Å². The largest absolute Gasteiger partial charge is 0.395 e. The number of likely N-dealkylation sites (N-methyl/N-ethyl adjacent to an activating group) is 1. The molecule has 1 fully saturated rings. The maximum Gasteiger partial charge on any atom is 0.148 e. The molecule has 4 heteroatoms. The number of rotatable bonds is 3. The van der Waals surface area contributed by atoms with E-state index in [1.54, 1.807) is 6.07 Å². The molecule has 1 aliphatic heterocycles. The second-order valence-corrected chi connectivity index (χ2v) is 4.54. The van der Waals surface area contributed by atoms with Crippen molar-refractivity contribution in [3.05, 3.63) is 24.0 Å². The van der Waals surface area contributed by atoms with Gasteiger partial charge in [-0.25, -0.2) is 4.39 Å². The zero-order valence-electron chi connectivity index (χ0n) is 10.2. The molecule has 0 aromatic heterocycles. The van der Waals surface area contributed by atoms with Crippen molar-refractivity contribution in [2.45, 2.75) is 25.4 Å². The van der Waals surface area contributed by atoms with Gasteiger partial charge in [-0.05, 0) is 31.4 Å². The molecule has 1 aliphatic rings. The van der Waals surface area contributed by atoms with Crippen molar-refractivity contribution in [1.82, 2.24) is 0 Å². The Morgan fingerprint density at radius 2 is 2.29 bits per heavy atom. The number of anilines is 2. The molecule has 2 N–H and O–H groups in total. The van der Waals surface area contributed by atoms with E-state index in [0.29, 0.717) is 0 Å². The number of hydrogen-bond donors (Lipinski definition) is 1. The van der Waals surface area contributed by atoms with Gasteiger partial charge in [-0.2, -0.15) is 0 Å². The zero-order chi connectivity index (χ0) is 12.3. The van der Waals surface area contributed by atoms with E-state index in [1.807, 2.05) is 18.0 Å². The van der Waals surface area contributed by atoms with E-state index in [4.69, 9.17) is 10.5 Å². The van der Waals surface area contributed by atoms with Crippen molar-refractivity contribution < 1.29 is 9.13 Å². The molecule has 1 saturated heterocycles. The number of hydrogen-bond acceptors (Lipinski definition) is 3. The molecule has 1 atom stereocenters. The predicted octanol–water partition coefficient (Wildman–Crippen LogP) is 2.41. The Kier molecular flexibility index (Phi) is 3.84. The number of nitrogen functional groups attached to an aromatic ring is 1. The minimum Gasteiger partial charge on any atom is -0.395 e. The van der Waals surface area contributed by atoms with Gasteiger partial charge in [-0.15, -0.1) is 0 Å². The van der Waals surface area contributed by atoms with Gasteiger partial charge in [0.2, 0.25) is 0 Å². The van der Waals surface area contributed by atoms with E-state index >= 15 is 0 Å². The Bertz CT molecular complexity index is 378. The Morgan fingerprint density at radius 1 is 1.47 bits per heavy atom. The number of nitrogens with two attached hydrogens (primary N) is 1. The Morgan fingerprint density at radius 3 is 3.00 bits per heavy atom. The number of halogens is 1. The summed E-state index contributed by atoms with van der Waals surface area (Å²) in [6.07, 6.45) is 3.65. The Hall–Kier alpha value is -1.29. The average Bonchev–Trinajstić information content (AvgIpc) is 2.34. The van der Waals surface area contributed by atoms with Crippen molar-refractivity contribution in [1.29, 1.82) is 0 Å². The van der Waals surface area contributed by atoms with Gasteiger partial charge in [0.15, 0.2) is 0 Å². The third-order valence-electron chi connectivity index (χ3n) is 3.19. The lowest BCUT2D eigenvalue weighted by Crippen LogP contribution is -2.33. The molecule has 0 spiro atoms. The van der Waals surface area contributed by atoms with Crippen LogP contribution in [0.15, 0.2) is 18.2 Å². The van der Waals surface area contributed by atoms with Crippen LogP contribution in [0.2, 0.25) is 0 Å². The molecule has 1 unspecified atom stereocenters. The van der Waals surface area contributed by atoms with Crippen LogP contribution < -0.4 is 10.6 Å². The molecular weight excluding hydrogens is 219 g/mol. The van der Waals surface area contributed by atoms with Gasteiger partial charge in [0.1, 0.15) is 5.82 Å². The predicted molar refractivity (Wildman–Crippen MR) is 67.7 cm³/mol. The third-order valence-corrected chi connectivity index (χ3v) is 3.19. The maximum absolute atomic E-state index is 13.3. The third kappa shape index (κ3) is 2.88. The van der Waals surface area contributed by atoms with Gasteiger partial charge in [-0.3, -0.25) is 0 Å². The molecule has 0 saturated carbocycles. The lowest BCUT2D eigenvalue weighted by molar-refractivity contribution is 0.0216. The molecule has 1 aromatic carbocycles. The SMILES string of the molecule is CN(CC1CCCCO1)c1cccc(F)c1N. The topological polar surface area (TPSA) is 38.5 Å². The molecule has 0 amide bonds. The first kappa shape index (κ1) is 12.2. The van der Waals surface area contributed by atoms with Gasteiger partial charge < -0.3 is 15.4 Å². The van der Waals surface area contributed by atoms with Gasteiger partial charge in [0.25, 0.3) is 0 Å². The summed E-state index contributed by atoms with van der Waals surface area (Å²) < 4.78 is 19.0. The monoisotopic (exact) mass is 238 g/mol. The molecule has 1 heterocycles. The Labute approximate surface area is 101 Å². The fraction of sp³-hybridized carbons (Fsp3) is 0.538. The normalized spacial score (nSPS) is 20.2. The molecule has 17 heavy (non-hydrogen) atoms. The van der Waals surface area contributed by atoms with Crippen LogP contribution in [-0.4, -0.2) is 26.3 Å². The summed E-state index contributed by atoms with van der Waals surface area (Å²) in [6.45, 7) is 1.59. The number of para-hydroxylation sites is 1. The second kappa shape index (κ2) is 5.36. The molecule has 2 rings (SSSR count). The smallest absolute Gasteiger partial charge is 0.148 e. The first-order chi connectivity index (χ1) is 8.18. The highest BCUT2D eigenvalue weighted by atomic mass is 19.1. The lowest BCUT2D eigenvalue weighted by Gasteiger charge is -2.29. The fourth-order valence-corrected chi connectivity index (χ4v) is 2.21. The standard InChI is InChI=1S/C13H19FN2O/c1-16(9-10-5-2-3-8-17-10)12-7-4-6-11(14)13(12)15/h4,6-7,10H,2-3,5,8-9,15H2,1H3. The minimum absolute atomic E-state index is 0.214. The Balaban J connectivity index is 2.03. The van der Waals surface area contributed by atoms with Gasteiger partial charge in [0.05, 0.1) is 17.5 Å². The van der Waals surface area contributed by atoms with Crippen LogP contribution in [0.4, 0.5) is 15.8 Å². The maximum atomic E-state index is 13.3. The van der Waals surface area contributed by atoms with Crippen LogP contribution >= 0.6 is 0 Å². The van der Waals surface area contributed by atoms with Crippen molar-refractivity contribution in [2.24, 2.45) is 0 Å². The van der Waals surface area contributed by atoms with Crippen molar-refractivity contribution in [2.75, 3.05) is 30.8 Å². The van der Waals surface area contributed by atoms with Crippen LogP contribution in [0, 0.1) is 5.82 Å². The molecular formula is C13H19FN2O. The van der Waals surface area contributed by atoms with E-state index in [2.05, 4.69) is 0 Å². The molecule has 94 valence electrons. The van der Waals surface area contributed by atoms with Crippen LogP contribution in [0.3, 0.4) is 0 Å². The van der Waals surface area contributed by atoms with Gasteiger partial charge in [0, 0.05) is 20.2 Å². The highest BCUT2D eigenvalue weighted by molar-refractivity contribution is 5.67. The first-order valence-electron chi connectivity index (χ1n) is 6.05. The summed E-state index contributed by atoms with van der Waals surface area (Å²) in [7, 11) is 1.92. The van der Waals surface area contributed by atoms with E-state index in [1.165, 1.54) is 12.5 Å². The van der Waals surface area contributed by atoms with Crippen molar-refractivity contribution >= 4 is 11.4 Å². The minimum atomic E-state index is -0.362. The number of nitrogens with zero attached hydrogens (tertiary/aromatic N) is 1. The van der Waals surface area contributed by atoms with Gasteiger partial charge in [-0.1, -0.05) is 6.07 Å². The summed E-state index contributed by atoms with van der Waals surface area (Å²) in [5, 5.41) is 0. The molecule has 0 aliphatic carbocycles. The fourth-order valence-electron chi connectivity index (χ4n) is 2.21. The summed E-state index contributed by atoms with van der Waals surface area (Å²) in [6, 6.07) is 4.89. The molecule has 1 aromatic rings. The molecule has 0 bridgehead atoms. The van der Waals surface area contributed by atoms with E-state index < -0.39 is 0 Å². The van der Waals surface area contributed by atoms with E-state index in [9.17, 15) is 4.39 Å². The van der Waals surface area contributed by atoms with Crippen LogP contribution in [-0.2, 0) is 4.74 Å². The second-order valence-electron chi connectivity index (χ2n) is 4.54. The van der Waals surface area contributed by atoms with E-state index in [-0.39, 0.29) is 17.6 Å². The quantitative estimate of drug-likeness (QED) is 0.822. The summed E-state index contributed by atoms with van der Waals surface area (Å²) in [4.78, 5) is 1.97. The van der Waals surface area contributed by atoms with Gasteiger partial charge >= 0.3 is 0 Å². The summed E-state index contributed by atoms with van der Waals surface area (Å²) in [5.74, 6) is -0.362. The van der Waals surface area contributed by atoms with Crippen LogP contribution in [0.1, 0.15) is 19.3 Å². The van der Waals surface area contributed by atoms with Crippen molar-refractivity contribution in [3.8, 4) is 0 Å². The first-order valence-corrected chi connectivity index (χ1v) is 6.05. The summed E-state index contributed by atoms with van der Waals surface area (Å²) in [5.41, 5.74) is 6.68. The molecule has 3 nitrogen and oxygen atoms in total. The number of benzene rings is 1.